The van der Waals surface area contributed by atoms with E-state index in [-0.39, 0.29) is 5.78 Å². The number of carbonyl (C=O) groups excluding carboxylic acids is 1. The normalized spacial score (nSPS) is 36.9. The van der Waals surface area contributed by atoms with Gasteiger partial charge in [0.1, 0.15) is 5.60 Å². The molecule has 0 radical (unpaired) electrons. The molecule has 2 nitrogen and oxygen atoms in total. The summed E-state index contributed by atoms with van der Waals surface area (Å²) < 4.78 is 0. The molecule has 1 unspecified atom stereocenters. The Balaban J connectivity index is 2.60. The van der Waals surface area contributed by atoms with Crippen molar-refractivity contribution in [1.82, 2.24) is 0 Å². The molecule has 9 heavy (non-hydrogen) atoms. The Morgan fingerprint density at radius 1 is 1.56 bits per heavy atom. The van der Waals surface area contributed by atoms with Crippen LogP contribution in [0.1, 0.15) is 32.6 Å². The predicted octanol–water partition coefficient (Wildman–Crippen LogP) is 0.881. The van der Waals surface area contributed by atoms with Gasteiger partial charge in [-0.1, -0.05) is 0 Å². The fourth-order valence-electron chi connectivity index (χ4n) is 1.16. The van der Waals surface area contributed by atoms with E-state index >= 15 is 0 Å². The third kappa shape index (κ3) is 1.30. The lowest BCUT2D eigenvalue weighted by molar-refractivity contribution is -0.138. The van der Waals surface area contributed by atoms with Gasteiger partial charge in [0.25, 0.3) is 0 Å². The first kappa shape index (κ1) is 6.75. The topological polar surface area (TPSA) is 37.3 Å². The molecular weight excluding hydrogens is 116 g/mol. The second-order valence-corrected chi connectivity index (χ2v) is 2.90. The Bertz CT molecular complexity index is 127. The quantitative estimate of drug-likeness (QED) is 0.526. The average molecular weight is 128 g/mol. The molecule has 0 aromatic rings. The van der Waals surface area contributed by atoms with Crippen LogP contribution in [0.5, 0.6) is 0 Å². The Morgan fingerprint density at radius 2 is 2.22 bits per heavy atom. The van der Waals surface area contributed by atoms with Crippen LogP contribution >= 0.6 is 0 Å². The highest BCUT2D eigenvalue weighted by Crippen LogP contribution is 2.23. The molecule has 1 saturated carbocycles. The van der Waals surface area contributed by atoms with E-state index in [9.17, 15) is 9.90 Å². The number of Topliss-reactive ketones (excluding diaryl/α,β-unsaturated/α-hetero) is 1. The van der Waals surface area contributed by atoms with Crippen LogP contribution in [0.15, 0.2) is 0 Å². The second kappa shape index (κ2) is 2.10. The molecule has 52 valence electrons. The van der Waals surface area contributed by atoms with Crippen molar-refractivity contribution in [3.8, 4) is 0 Å². The lowest BCUT2D eigenvalue weighted by atomic mass is 9.85. The first-order chi connectivity index (χ1) is 4.13. The molecule has 0 aromatic heterocycles. The summed E-state index contributed by atoms with van der Waals surface area (Å²) >= 11 is 0. The molecule has 0 amide bonds. The summed E-state index contributed by atoms with van der Waals surface area (Å²) in [7, 11) is 0. The lowest BCUT2D eigenvalue weighted by Crippen LogP contribution is -2.37. The van der Waals surface area contributed by atoms with Crippen LogP contribution < -0.4 is 0 Å². The lowest BCUT2D eigenvalue weighted by Gasteiger charge is -2.25. The summed E-state index contributed by atoms with van der Waals surface area (Å²) in [4.78, 5) is 10.9. The fourth-order valence-corrected chi connectivity index (χ4v) is 1.16. The van der Waals surface area contributed by atoms with E-state index < -0.39 is 5.60 Å². The number of ketones is 1. The number of hydrogen-bond acceptors (Lipinski definition) is 2. The molecule has 1 N–H and O–H groups in total. The first-order valence-electron chi connectivity index (χ1n) is 3.38. The third-order valence-corrected chi connectivity index (χ3v) is 1.92. The third-order valence-electron chi connectivity index (χ3n) is 1.92. The summed E-state index contributed by atoms with van der Waals surface area (Å²) in [5, 5.41) is 9.29. The summed E-state index contributed by atoms with van der Waals surface area (Å²) in [6, 6.07) is 0. The number of carbonyl (C=O) groups is 1. The van der Waals surface area contributed by atoms with Crippen molar-refractivity contribution in [3.63, 3.8) is 0 Å². The maximum atomic E-state index is 10.9. The summed E-state index contributed by atoms with van der Waals surface area (Å²) in [6.45, 7) is 1.61. The summed E-state index contributed by atoms with van der Waals surface area (Å²) in [5.74, 6) is 0.00810. The van der Waals surface area contributed by atoms with E-state index in [1.165, 1.54) is 0 Å². The predicted molar refractivity (Wildman–Crippen MR) is 34.1 cm³/mol. The Labute approximate surface area is 54.9 Å². The molecule has 0 heterocycles. The van der Waals surface area contributed by atoms with E-state index in [0.717, 1.165) is 12.8 Å². The maximum Gasteiger partial charge on any atom is 0.164 e. The molecule has 0 aliphatic heterocycles. The van der Waals surface area contributed by atoms with Gasteiger partial charge < -0.3 is 5.11 Å². The minimum atomic E-state index is -1.00. The standard InChI is InChI=1S/C7H12O2/c1-7(9)5-3-2-4-6(7)8/h9H,2-5H2,1H3. The molecule has 0 aromatic carbocycles. The van der Waals surface area contributed by atoms with Gasteiger partial charge in [0, 0.05) is 6.42 Å². The van der Waals surface area contributed by atoms with Crippen LogP contribution in [0.2, 0.25) is 0 Å². The first-order valence-corrected chi connectivity index (χ1v) is 3.38. The van der Waals surface area contributed by atoms with E-state index in [1.54, 1.807) is 6.92 Å². The van der Waals surface area contributed by atoms with Crippen LogP contribution in [0.3, 0.4) is 0 Å². The molecule has 2 heteroatoms. The highest BCUT2D eigenvalue weighted by molar-refractivity contribution is 5.87. The molecule has 0 bridgehead atoms. The molecule has 1 atom stereocenters. The SMILES string of the molecule is CC1(O)CCCCC1=O. The second-order valence-electron chi connectivity index (χ2n) is 2.90. The van der Waals surface area contributed by atoms with Crippen LogP contribution in [0, 0.1) is 0 Å². The molecule has 0 spiro atoms. The van der Waals surface area contributed by atoms with E-state index in [4.69, 9.17) is 0 Å². The molecule has 0 saturated heterocycles. The number of rotatable bonds is 0. The number of aliphatic hydroxyl groups is 1. The van der Waals surface area contributed by atoms with Gasteiger partial charge in [-0.05, 0) is 26.2 Å². The summed E-state index contributed by atoms with van der Waals surface area (Å²) in [5.41, 5.74) is -1.00. The van der Waals surface area contributed by atoms with Crippen LogP contribution in [0.4, 0.5) is 0 Å². The van der Waals surface area contributed by atoms with Crippen LogP contribution in [0.25, 0.3) is 0 Å². The van der Waals surface area contributed by atoms with Crippen LogP contribution in [-0.2, 0) is 4.79 Å². The van der Waals surface area contributed by atoms with E-state index in [0.29, 0.717) is 12.8 Å². The molecule has 1 rings (SSSR count). The zero-order valence-corrected chi connectivity index (χ0v) is 5.68. The van der Waals surface area contributed by atoms with Crippen molar-refractivity contribution in [2.24, 2.45) is 0 Å². The smallest absolute Gasteiger partial charge is 0.164 e. The Morgan fingerprint density at radius 3 is 2.56 bits per heavy atom. The van der Waals surface area contributed by atoms with Gasteiger partial charge in [0.2, 0.25) is 0 Å². The van der Waals surface area contributed by atoms with Crippen molar-refractivity contribution in [1.29, 1.82) is 0 Å². The van der Waals surface area contributed by atoms with Crippen molar-refractivity contribution < 1.29 is 9.90 Å². The minimum Gasteiger partial charge on any atom is -0.382 e. The van der Waals surface area contributed by atoms with E-state index in [2.05, 4.69) is 0 Å². The van der Waals surface area contributed by atoms with Gasteiger partial charge in [-0.15, -0.1) is 0 Å². The van der Waals surface area contributed by atoms with Crippen molar-refractivity contribution >= 4 is 5.78 Å². The van der Waals surface area contributed by atoms with Gasteiger partial charge in [0.15, 0.2) is 5.78 Å². The summed E-state index contributed by atoms with van der Waals surface area (Å²) in [6.07, 6.45) is 3.15. The fraction of sp³-hybridized carbons (Fsp3) is 0.857. The average Bonchev–Trinajstić information content (AvgIpc) is 1.77. The van der Waals surface area contributed by atoms with Gasteiger partial charge >= 0.3 is 0 Å². The zero-order valence-electron chi connectivity index (χ0n) is 5.68. The van der Waals surface area contributed by atoms with Crippen LogP contribution in [-0.4, -0.2) is 16.5 Å². The highest BCUT2D eigenvalue weighted by atomic mass is 16.3. The maximum absolute atomic E-state index is 10.9. The minimum absolute atomic E-state index is 0.00810. The molecular formula is C7H12O2. The van der Waals surface area contributed by atoms with E-state index in [1.807, 2.05) is 0 Å². The van der Waals surface area contributed by atoms with Crippen molar-refractivity contribution in [2.45, 2.75) is 38.2 Å². The van der Waals surface area contributed by atoms with Crippen molar-refractivity contribution in [3.05, 3.63) is 0 Å². The highest BCUT2D eigenvalue weighted by Gasteiger charge is 2.31. The number of hydrogen-bond donors (Lipinski definition) is 1. The largest absolute Gasteiger partial charge is 0.382 e. The van der Waals surface area contributed by atoms with Gasteiger partial charge in [-0.3, -0.25) is 4.79 Å². The molecule has 1 aliphatic carbocycles. The molecule has 1 aliphatic rings. The van der Waals surface area contributed by atoms with Crippen molar-refractivity contribution in [2.75, 3.05) is 0 Å². The van der Waals surface area contributed by atoms with Gasteiger partial charge in [0.05, 0.1) is 0 Å². The van der Waals surface area contributed by atoms with Gasteiger partial charge in [-0.25, -0.2) is 0 Å². The monoisotopic (exact) mass is 128 g/mol. The van der Waals surface area contributed by atoms with Gasteiger partial charge in [-0.2, -0.15) is 0 Å². The Kier molecular flexibility index (Phi) is 1.58. The zero-order chi connectivity index (χ0) is 6.91. The Hall–Kier alpha value is -0.370. The molecule has 1 fully saturated rings.